The van der Waals surface area contributed by atoms with Crippen molar-refractivity contribution in [3.05, 3.63) is 88.9 Å². The highest BCUT2D eigenvalue weighted by Crippen LogP contribution is 2.30. The van der Waals surface area contributed by atoms with Crippen molar-refractivity contribution >= 4 is 29.4 Å². The van der Waals surface area contributed by atoms with Crippen molar-refractivity contribution in [2.45, 2.75) is 45.9 Å². The van der Waals surface area contributed by atoms with Gasteiger partial charge in [0, 0.05) is 19.6 Å². The maximum absolute atomic E-state index is 13.3. The summed E-state index contributed by atoms with van der Waals surface area (Å²) in [7, 11) is 1.58. The lowest BCUT2D eigenvalue weighted by Gasteiger charge is -2.24. The van der Waals surface area contributed by atoms with Crippen LogP contribution in [0.4, 0.5) is 15.3 Å². The van der Waals surface area contributed by atoms with E-state index in [1.165, 1.54) is 0 Å². The average molecular weight is 554 g/mol. The average Bonchev–Trinajstić information content (AvgIpc) is 2.90. The molecular weight excluding hydrogens is 518 g/mol. The largest absolute Gasteiger partial charge is 0.493 e. The van der Waals surface area contributed by atoms with E-state index < -0.39 is 11.7 Å². The third-order valence-electron chi connectivity index (χ3n) is 5.51. The third-order valence-corrected chi connectivity index (χ3v) is 5.84. The van der Waals surface area contributed by atoms with Crippen molar-refractivity contribution in [3.63, 3.8) is 0 Å². The normalized spacial score (nSPS) is 10.9. The fraction of sp³-hybridized carbons (Fsp3) is 0.333. The van der Waals surface area contributed by atoms with Crippen LogP contribution in [0.25, 0.3) is 0 Å². The molecule has 208 valence electrons. The second-order valence-corrected chi connectivity index (χ2v) is 10.3. The molecule has 39 heavy (non-hydrogen) atoms. The summed E-state index contributed by atoms with van der Waals surface area (Å²) >= 11 is 6.25. The van der Waals surface area contributed by atoms with E-state index in [0.717, 1.165) is 11.1 Å². The number of nitrogens with zero attached hydrogens (tertiary/aromatic N) is 1. The van der Waals surface area contributed by atoms with Crippen LogP contribution in [0.5, 0.6) is 11.5 Å². The van der Waals surface area contributed by atoms with Gasteiger partial charge in [0.2, 0.25) is 0 Å². The number of benzene rings is 3. The summed E-state index contributed by atoms with van der Waals surface area (Å²) in [5.41, 5.74) is 1.84. The van der Waals surface area contributed by atoms with Crippen LogP contribution in [-0.4, -0.2) is 42.8 Å². The molecule has 0 saturated carbocycles. The Morgan fingerprint density at radius 2 is 1.64 bits per heavy atom. The first kappa shape index (κ1) is 29.6. The number of carbonyl (C=O) groups is 2. The van der Waals surface area contributed by atoms with E-state index in [0.29, 0.717) is 54.9 Å². The van der Waals surface area contributed by atoms with Crippen LogP contribution in [0.3, 0.4) is 0 Å². The molecule has 3 amide bonds. The highest BCUT2D eigenvalue weighted by molar-refractivity contribution is 6.33. The van der Waals surface area contributed by atoms with Crippen LogP contribution in [0.15, 0.2) is 72.8 Å². The van der Waals surface area contributed by atoms with Crippen molar-refractivity contribution in [1.82, 2.24) is 10.2 Å². The van der Waals surface area contributed by atoms with Gasteiger partial charge in [-0.05, 0) is 62.6 Å². The number of anilines is 1. The Hall–Kier alpha value is -3.91. The molecular formula is C30H36ClN3O5. The number of rotatable bonds is 11. The molecule has 0 spiro atoms. The predicted molar refractivity (Wildman–Crippen MR) is 154 cm³/mol. The van der Waals surface area contributed by atoms with Crippen LogP contribution >= 0.6 is 11.6 Å². The van der Waals surface area contributed by atoms with Crippen molar-refractivity contribution in [3.8, 4) is 11.5 Å². The van der Waals surface area contributed by atoms with E-state index >= 15 is 0 Å². The van der Waals surface area contributed by atoms with Gasteiger partial charge in [0.1, 0.15) is 12.2 Å². The van der Waals surface area contributed by atoms with Gasteiger partial charge in [-0.2, -0.15) is 0 Å². The molecule has 0 atom stereocenters. The summed E-state index contributed by atoms with van der Waals surface area (Å²) in [5, 5.41) is 6.05. The minimum absolute atomic E-state index is 0.304. The maximum Gasteiger partial charge on any atom is 0.407 e. The second kappa shape index (κ2) is 14.3. The number of nitrogens with one attached hydrogen (secondary N) is 2. The van der Waals surface area contributed by atoms with Crippen molar-refractivity contribution in [1.29, 1.82) is 0 Å². The molecule has 3 aromatic carbocycles. The monoisotopic (exact) mass is 553 g/mol. The first-order chi connectivity index (χ1) is 18.6. The lowest BCUT2D eigenvalue weighted by molar-refractivity contribution is 0.0526. The fourth-order valence-electron chi connectivity index (χ4n) is 3.67. The van der Waals surface area contributed by atoms with Gasteiger partial charge >= 0.3 is 12.1 Å². The summed E-state index contributed by atoms with van der Waals surface area (Å²) in [4.78, 5) is 26.9. The van der Waals surface area contributed by atoms with Crippen LogP contribution in [0.1, 0.15) is 38.3 Å². The van der Waals surface area contributed by atoms with Crippen LogP contribution < -0.4 is 20.1 Å². The summed E-state index contributed by atoms with van der Waals surface area (Å²) in [6.45, 7) is 6.85. The molecule has 0 radical (unpaired) electrons. The molecule has 3 aromatic rings. The zero-order valence-corrected chi connectivity index (χ0v) is 23.6. The topological polar surface area (TPSA) is 89.1 Å². The zero-order chi connectivity index (χ0) is 28.3. The minimum Gasteiger partial charge on any atom is -0.493 e. The Morgan fingerprint density at radius 3 is 2.33 bits per heavy atom. The van der Waals surface area contributed by atoms with Gasteiger partial charge in [-0.1, -0.05) is 60.1 Å². The first-order valence-electron chi connectivity index (χ1n) is 12.8. The molecule has 0 unspecified atom stereocenters. The summed E-state index contributed by atoms with van der Waals surface area (Å²) in [5.74, 6) is 1.18. The smallest absolute Gasteiger partial charge is 0.407 e. The molecule has 0 aliphatic rings. The minimum atomic E-state index is -0.582. The molecule has 0 saturated heterocycles. The lowest BCUT2D eigenvalue weighted by atomic mass is 10.1. The Labute approximate surface area is 235 Å². The third kappa shape index (κ3) is 10.1. The molecule has 8 nitrogen and oxygen atoms in total. The van der Waals surface area contributed by atoms with E-state index in [1.54, 1.807) is 57.0 Å². The number of hydrogen-bond acceptors (Lipinski definition) is 5. The van der Waals surface area contributed by atoms with Crippen molar-refractivity contribution < 1.29 is 23.8 Å². The molecule has 0 heterocycles. The number of amides is 3. The van der Waals surface area contributed by atoms with Crippen molar-refractivity contribution in [2.24, 2.45) is 0 Å². The van der Waals surface area contributed by atoms with Gasteiger partial charge < -0.3 is 29.7 Å². The molecule has 0 aliphatic carbocycles. The molecule has 0 aromatic heterocycles. The number of urea groups is 1. The van der Waals surface area contributed by atoms with Gasteiger partial charge in [-0.15, -0.1) is 0 Å². The van der Waals surface area contributed by atoms with E-state index in [-0.39, 0.29) is 6.03 Å². The Bertz CT molecular complexity index is 1230. The van der Waals surface area contributed by atoms with Gasteiger partial charge in [0.05, 0.1) is 17.8 Å². The van der Waals surface area contributed by atoms with E-state index in [9.17, 15) is 9.59 Å². The highest BCUT2D eigenvalue weighted by atomic mass is 35.5. The standard InChI is InChI=1S/C30H36ClN3O5/c1-30(2,3)39-29(36)32-17-10-18-34(28(35)33-25-14-9-8-13-24(25)31)20-23-15-16-26(27(19-23)37-4)38-21-22-11-6-5-7-12-22/h5-9,11-16,19H,10,17-18,20-21H2,1-4H3,(H,32,36)(H,33,35). The molecule has 9 heteroatoms. The first-order valence-corrected chi connectivity index (χ1v) is 13.1. The predicted octanol–water partition coefficient (Wildman–Crippen LogP) is 6.88. The summed E-state index contributed by atoms with van der Waals surface area (Å²) in [6, 6.07) is 22.2. The zero-order valence-electron chi connectivity index (χ0n) is 22.8. The van der Waals surface area contributed by atoms with Crippen molar-refractivity contribution in [2.75, 3.05) is 25.5 Å². The molecule has 0 fully saturated rings. The molecule has 3 rings (SSSR count). The number of alkyl carbamates (subject to hydrolysis) is 1. The Balaban J connectivity index is 1.68. The second-order valence-electron chi connectivity index (χ2n) is 9.87. The molecule has 0 aliphatic heterocycles. The number of methoxy groups -OCH3 is 1. The highest BCUT2D eigenvalue weighted by Gasteiger charge is 2.18. The van der Waals surface area contributed by atoms with E-state index in [2.05, 4.69) is 10.6 Å². The molecule has 2 N–H and O–H groups in total. The van der Waals surface area contributed by atoms with Gasteiger partial charge in [-0.3, -0.25) is 0 Å². The van der Waals surface area contributed by atoms with E-state index in [1.807, 2.05) is 48.5 Å². The van der Waals surface area contributed by atoms with Gasteiger partial charge in [0.25, 0.3) is 0 Å². The fourth-order valence-corrected chi connectivity index (χ4v) is 3.85. The number of ether oxygens (including phenoxy) is 3. The SMILES string of the molecule is COc1cc(CN(CCCNC(=O)OC(C)(C)C)C(=O)Nc2ccccc2Cl)ccc1OCc1ccccc1. The molecule has 0 bridgehead atoms. The summed E-state index contributed by atoms with van der Waals surface area (Å²) < 4.78 is 16.8. The maximum atomic E-state index is 13.3. The number of hydrogen-bond donors (Lipinski definition) is 2. The lowest BCUT2D eigenvalue weighted by Crippen LogP contribution is -2.38. The number of halogens is 1. The van der Waals surface area contributed by atoms with E-state index in [4.69, 9.17) is 25.8 Å². The Kier molecular flexibility index (Phi) is 10.9. The van der Waals surface area contributed by atoms with Crippen LogP contribution in [-0.2, 0) is 17.9 Å². The van der Waals surface area contributed by atoms with Crippen LogP contribution in [0, 0.1) is 0 Å². The quantitative estimate of drug-likeness (QED) is 0.253. The number of para-hydroxylation sites is 1. The van der Waals surface area contributed by atoms with Crippen LogP contribution in [0.2, 0.25) is 5.02 Å². The Morgan fingerprint density at radius 1 is 0.923 bits per heavy atom. The number of carbonyl (C=O) groups excluding carboxylic acids is 2. The van der Waals surface area contributed by atoms with Gasteiger partial charge in [-0.25, -0.2) is 9.59 Å². The summed E-state index contributed by atoms with van der Waals surface area (Å²) in [6.07, 6.45) is 0.0234. The van der Waals surface area contributed by atoms with Gasteiger partial charge in [0.15, 0.2) is 11.5 Å².